The van der Waals surface area contributed by atoms with Crippen molar-refractivity contribution in [2.24, 2.45) is 0 Å². The number of aliphatic hydroxyl groups is 3. The fourth-order valence-electron chi connectivity index (χ4n) is 2.68. The van der Waals surface area contributed by atoms with Gasteiger partial charge in [-0.15, -0.1) is 0 Å². The van der Waals surface area contributed by atoms with Gasteiger partial charge in [0.1, 0.15) is 0 Å². The van der Waals surface area contributed by atoms with Gasteiger partial charge in [0, 0.05) is 12.8 Å². The number of hydrogen-bond acceptors (Lipinski definition) is 4. The smallest absolute Gasteiger partial charge is 0.303 e. The topological polar surface area (TPSA) is 98.0 Å². The number of rotatable bonds is 17. The summed E-state index contributed by atoms with van der Waals surface area (Å²) in [7, 11) is 0. The summed E-state index contributed by atoms with van der Waals surface area (Å²) in [6.07, 6.45) is 21.8. The molecule has 0 heterocycles. The highest BCUT2D eigenvalue weighted by molar-refractivity contribution is 5.66. The Kier molecular flexibility index (Phi) is 22.4. The molecule has 0 bridgehead atoms. The molecule has 0 fully saturated rings. The van der Waals surface area contributed by atoms with Gasteiger partial charge in [0.05, 0.1) is 0 Å². The van der Waals surface area contributed by atoms with Gasteiger partial charge in [-0.2, -0.15) is 0 Å². The predicted molar refractivity (Wildman–Crippen MR) is 111 cm³/mol. The van der Waals surface area contributed by atoms with Crippen molar-refractivity contribution in [3.63, 3.8) is 0 Å². The predicted octanol–water partition coefficient (Wildman–Crippen LogP) is 5.53. The molecule has 0 saturated heterocycles. The summed E-state index contributed by atoms with van der Waals surface area (Å²) in [6, 6.07) is 0. The van der Waals surface area contributed by atoms with Crippen LogP contribution in [0.5, 0.6) is 0 Å². The third-order valence-electron chi connectivity index (χ3n) is 4.24. The zero-order valence-corrected chi connectivity index (χ0v) is 17.7. The van der Waals surface area contributed by atoms with Crippen LogP contribution in [0.1, 0.15) is 117 Å². The first-order valence-corrected chi connectivity index (χ1v) is 10.9. The van der Waals surface area contributed by atoms with E-state index in [4.69, 9.17) is 20.4 Å². The highest BCUT2D eigenvalue weighted by atomic mass is 16.7. The Hall–Kier alpha value is -0.910. The Morgan fingerprint density at radius 1 is 0.704 bits per heavy atom. The van der Waals surface area contributed by atoms with E-state index in [0.717, 1.165) is 12.8 Å². The van der Waals surface area contributed by atoms with Gasteiger partial charge in [-0.3, -0.25) is 4.79 Å². The van der Waals surface area contributed by atoms with Crippen LogP contribution in [0.25, 0.3) is 0 Å². The van der Waals surface area contributed by atoms with E-state index in [0.29, 0.717) is 12.8 Å². The minimum Gasteiger partial charge on any atom is -0.481 e. The highest BCUT2D eigenvalue weighted by Gasteiger charge is 2.14. The van der Waals surface area contributed by atoms with Crippen LogP contribution in [0.3, 0.4) is 0 Å². The second-order valence-corrected chi connectivity index (χ2v) is 7.25. The molecular weight excluding hydrogens is 344 g/mol. The summed E-state index contributed by atoms with van der Waals surface area (Å²) >= 11 is 0. The number of carboxylic acids is 1. The Balaban J connectivity index is 0. The number of carboxylic acid groups (broad SMARTS) is 1. The molecule has 0 aromatic rings. The van der Waals surface area contributed by atoms with Crippen molar-refractivity contribution >= 4 is 5.97 Å². The molecule has 5 heteroatoms. The number of carbonyl (C=O) groups is 1. The molecule has 0 aromatic carbocycles. The van der Waals surface area contributed by atoms with Crippen LogP contribution in [0, 0.1) is 0 Å². The minimum atomic E-state index is -2.45. The molecule has 5 nitrogen and oxygen atoms in total. The Bertz CT molecular complexity index is 334. The van der Waals surface area contributed by atoms with Crippen molar-refractivity contribution in [3.05, 3.63) is 12.2 Å². The largest absolute Gasteiger partial charge is 0.481 e. The van der Waals surface area contributed by atoms with Crippen molar-refractivity contribution in [1.29, 1.82) is 0 Å². The van der Waals surface area contributed by atoms with Crippen LogP contribution in [-0.2, 0) is 4.79 Å². The molecule has 0 saturated carbocycles. The standard InChI is InChI=1S/C18H34O2.C4H10O3/c1-2-3-4-5-6-7-8-9-10-11-12-13-14-15-16-17-18(19)20;1-2-3-4(5,6)7/h9-10H,2-8,11-17H2,1H3,(H,19,20);5-7H,2-3H2,1H3/b10-9-;. The fourth-order valence-corrected chi connectivity index (χ4v) is 2.68. The van der Waals surface area contributed by atoms with E-state index in [9.17, 15) is 4.79 Å². The molecule has 0 aromatic heterocycles. The van der Waals surface area contributed by atoms with E-state index in [1.165, 1.54) is 70.6 Å². The zero-order chi connectivity index (χ0) is 20.8. The summed E-state index contributed by atoms with van der Waals surface area (Å²) in [6.45, 7) is 4.01. The number of hydrogen-bond donors (Lipinski definition) is 4. The van der Waals surface area contributed by atoms with Crippen LogP contribution in [0.15, 0.2) is 12.2 Å². The monoisotopic (exact) mass is 388 g/mol. The quantitative estimate of drug-likeness (QED) is 0.149. The van der Waals surface area contributed by atoms with Crippen molar-refractivity contribution in [2.75, 3.05) is 0 Å². The van der Waals surface area contributed by atoms with Gasteiger partial charge in [0.25, 0.3) is 5.97 Å². The molecular formula is C22H44O5. The summed E-state index contributed by atoms with van der Waals surface area (Å²) in [5.41, 5.74) is 0. The molecule has 0 aliphatic heterocycles. The molecule has 27 heavy (non-hydrogen) atoms. The highest BCUT2D eigenvalue weighted by Crippen LogP contribution is 2.09. The molecule has 0 spiro atoms. The second kappa shape index (κ2) is 21.4. The fraction of sp³-hybridized carbons (Fsp3) is 0.864. The van der Waals surface area contributed by atoms with E-state index in [1.807, 2.05) is 0 Å². The van der Waals surface area contributed by atoms with Crippen LogP contribution < -0.4 is 0 Å². The van der Waals surface area contributed by atoms with E-state index < -0.39 is 11.9 Å². The Morgan fingerprint density at radius 2 is 1.15 bits per heavy atom. The van der Waals surface area contributed by atoms with Crippen LogP contribution >= 0.6 is 0 Å². The third-order valence-corrected chi connectivity index (χ3v) is 4.24. The van der Waals surface area contributed by atoms with Crippen molar-refractivity contribution < 1.29 is 25.2 Å². The Labute approximate surface area is 166 Å². The van der Waals surface area contributed by atoms with E-state index in [-0.39, 0.29) is 6.42 Å². The SMILES string of the molecule is CCCC(O)(O)O.CCCCCCCC/C=C\CCCCCCCC(=O)O. The van der Waals surface area contributed by atoms with Crippen LogP contribution in [-0.4, -0.2) is 32.4 Å². The normalized spacial score (nSPS) is 11.4. The van der Waals surface area contributed by atoms with E-state index in [2.05, 4.69) is 19.1 Å². The third kappa shape index (κ3) is 33.1. The molecule has 0 radical (unpaired) electrons. The second-order valence-electron chi connectivity index (χ2n) is 7.25. The molecule has 0 atom stereocenters. The lowest BCUT2D eigenvalue weighted by atomic mass is 10.1. The molecule has 162 valence electrons. The van der Waals surface area contributed by atoms with Gasteiger partial charge in [-0.05, 0) is 38.5 Å². The average Bonchev–Trinajstić information content (AvgIpc) is 2.57. The molecule has 0 aliphatic rings. The first-order chi connectivity index (χ1) is 12.8. The van der Waals surface area contributed by atoms with E-state index in [1.54, 1.807) is 6.92 Å². The average molecular weight is 389 g/mol. The van der Waals surface area contributed by atoms with Crippen LogP contribution in [0.4, 0.5) is 0 Å². The number of allylic oxidation sites excluding steroid dienone is 2. The molecule has 4 N–H and O–H groups in total. The molecule has 0 unspecified atom stereocenters. The number of aliphatic carboxylic acids is 1. The maximum absolute atomic E-state index is 10.3. The summed E-state index contributed by atoms with van der Waals surface area (Å²) in [5.74, 6) is -3.11. The summed E-state index contributed by atoms with van der Waals surface area (Å²) in [4.78, 5) is 10.3. The van der Waals surface area contributed by atoms with Crippen LogP contribution in [0.2, 0.25) is 0 Å². The van der Waals surface area contributed by atoms with Crippen molar-refractivity contribution in [2.45, 2.75) is 123 Å². The summed E-state index contributed by atoms with van der Waals surface area (Å²) in [5, 5.41) is 32.9. The molecule has 0 aliphatic carbocycles. The van der Waals surface area contributed by atoms with Crippen molar-refractivity contribution in [1.82, 2.24) is 0 Å². The maximum Gasteiger partial charge on any atom is 0.303 e. The maximum atomic E-state index is 10.3. The van der Waals surface area contributed by atoms with Gasteiger partial charge >= 0.3 is 5.97 Å². The molecule has 0 amide bonds. The first kappa shape index (κ1) is 28.3. The lowest BCUT2D eigenvalue weighted by Crippen LogP contribution is -2.26. The van der Waals surface area contributed by atoms with Gasteiger partial charge < -0.3 is 20.4 Å². The van der Waals surface area contributed by atoms with Gasteiger partial charge in [0.2, 0.25) is 0 Å². The lowest BCUT2D eigenvalue weighted by molar-refractivity contribution is -0.314. The lowest BCUT2D eigenvalue weighted by Gasteiger charge is -2.10. The van der Waals surface area contributed by atoms with Gasteiger partial charge in [-0.1, -0.05) is 77.4 Å². The van der Waals surface area contributed by atoms with Crippen molar-refractivity contribution in [3.8, 4) is 0 Å². The summed E-state index contributed by atoms with van der Waals surface area (Å²) < 4.78 is 0. The van der Waals surface area contributed by atoms with E-state index >= 15 is 0 Å². The Morgan fingerprint density at radius 3 is 1.52 bits per heavy atom. The number of unbranched alkanes of at least 4 members (excludes halogenated alkanes) is 11. The van der Waals surface area contributed by atoms with Gasteiger partial charge in [-0.25, -0.2) is 0 Å². The molecule has 0 rings (SSSR count). The first-order valence-electron chi connectivity index (χ1n) is 10.9. The van der Waals surface area contributed by atoms with Gasteiger partial charge in [0.15, 0.2) is 0 Å². The minimum absolute atomic E-state index is 0.00694. The zero-order valence-electron chi connectivity index (χ0n) is 17.7.